The van der Waals surface area contributed by atoms with E-state index in [2.05, 4.69) is 44.6 Å². The molecule has 1 aromatic rings. The summed E-state index contributed by atoms with van der Waals surface area (Å²) in [5.41, 5.74) is 1.15. The van der Waals surface area contributed by atoms with Gasteiger partial charge in [-0.1, -0.05) is 12.1 Å². The Morgan fingerprint density at radius 2 is 2.15 bits per heavy atom. The molecule has 0 amide bonds. The van der Waals surface area contributed by atoms with E-state index in [1.165, 1.54) is 0 Å². The van der Waals surface area contributed by atoms with Crippen LogP contribution in [0.2, 0.25) is 0 Å². The second-order valence-electron chi connectivity index (χ2n) is 6.96. The lowest BCUT2D eigenvalue weighted by Crippen LogP contribution is -2.50. The van der Waals surface area contributed by atoms with Crippen molar-refractivity contribution >= 4 is 11.6 Å². The molecule has 2 saturated heterocycles. The third-order valence-electron chi connectivity index (χ3n) is 5.02. The molecule has 2 aliphatic rings. The molecule has 2 N–H and O–H groups in total. The van der Waals surface area contributed by atoms with Crippen molar-refractivity contribution < 1.29 is 9.47 Å². The van der Waals surface area contributed by atoms with E-state index in [0.717, 1.165) is 63.1 Å². The highest BCUT2D eigenvalue weighted by atomic mass is 16.5. The van der Waals surface area contributed by atoms with Crippen LogP contribution in [0.3, 0.4) is 0 Å². The van der Waals surface area contributed by atoms with Crippen LogP contribution < -0.4 is 20.3 Å². The third kappa shape index (κ3) is 4.80. The predicted octanol–water partition coefficient (Wildman–Crippen LogP) is 0.770. The second-order valence-corrected chi connectivity index (χ2v) is 6.96. The molecule has 0 spiro atoms. The molecule has 0 aliphatic carbocycles. The van der Waals surface area contributed by atoms with Crippen molar-refractivity contribution in [1.29, 1.82) is 0 Å². The predicted molar refractivity (Wildman–Crippen MR) is 105 cm³/mol. The zero-order valence-corrected chi connectivity index (χ0v) is 16.1. The molecule has 0 bridgehead atoms. The first-order valence-corrected chi connectivity index (χ1v) is 9.35. The van der Waals surface area contributed by atoms with Crippen molar-refractivity contribution in [3.8, 4) is 5.75 Å². The van der Waals surface area contributed by atoms with Crippen molar-refractivity contribution in [2.75, 3.05) is 65.4 Å². The molecule has 2 heterocycles. The lowest BCUT2D eigenvalue weighted by molar-refractivity contribution is -0.0161. The van der Waals surface area contributed by atoms with Gasteiger partial charge in [0.05, 0.1) is 25.5 Å². The summed E-state index contributed by atoms with van der Waals surface area (Å²) in [6.07, 6.45) is 1.28. The Labute approximate surface area is 156 Å². The number of likely N-dealkylation sites (N-methyl/N-ethyl adjacent to an activating group) is 1. The fraction of sp³-hybridized carbons (Fsp3) is 0.632. The minimum Gasteiger partial charge on any atom is -0.495 e. The van der Waals surface area contributed by atoms with Crippen molar-refractivity contribution in [3.63, 3.8) is 0 Å². The van der Waals surface area contributed by atoms with Crippen LogP contribution in [0.5, 0.6) is 5.75 Å². The number of hydrogen-bond acceptors (Lipinski definition) is 5. The van der Waals surface area contributed by atoms with Gasteiger partial charge in [0.2, 0.25) is 0 Å². The van der Waals surface area contributed by atoms with E-state index >= 15 is 0 Å². The molecule has 2 atom stereocenters. The molecule has 7 nitrogen and oxygen atoms in total. The molecule has 2 aliphatic heterocycles. The number of methoxy groups -OCH3 is 1. The molecule has 2 fully saturated rings. The Kier molecular flexibility index (Phi) is 6.57. The Morgan fingerprint density at radius 1 is 1.31 bits per heavy atom. The van der Waals surface area contributed by atoms with Crippen LogP contribution in [-0.4, -0.2) is 83.5 Å². The number of aliphatic imine (C=N–C) groups is 1. The zero-order chi connectivity index (χ0) is 18.4. The Morgan fingerprint density at radius 3 is 2.92 bits per heavy atom. The Balaban J connectivity index is 1.49. The highest BCUT2D eigenvalue weighted by Crippen LogP contribution is 2.30. The molecule has 2 unspecified atom stereocenters. The number of hydrogen-bond donors (Lipinski definition) is 2. The van der Waals surface area contributed by atoms with Crippen molar-refractivity contribution in [3.05, 3.63) is 24.3 Å². The average Bonchev–Trinajstić information content (AvgIpc) is 3.13. The highest BCUT2D eigenvalue weighted by Gasteiger charge is 2.25. The monoisotopic (exact) mass is 361 g/mol. The number of benzene rings is 1. The van der Waals surface area contributed by atoms with Gasteiger partial charge in [-0.05, 0) is 25.6 Å². The van der Waals surface area contributed by atoms with Crippen LogP contribution in [0.25, 0.3) is 0 Å². The van der Waals surface area contributed by atoms with Gasteiger partial charge in [0.1, 0.15) is 5.75 Å². The highest BCUT2D eigenvalue weighted by molar-refractivity contribution is 5.80. The molecule has 0 aromatic heterocycles. The fourth-order valence-electron chi connectivity index (χ4n) is 3.58. The number of nitrogens with one attached hydrogen (secondary N) is 2. The van der Waals surface area contributed by atoms with Gasteiger partial charge in [-0.15, -0.1) is 0 Å². The molecule has 3 rings (SSSR count). The number of nitrogens with zero attached hydrogens (tertiary/aromatic N) is 3. The normalized spacial score (nSPS) is 24.6. The first-order valence-electron chi connectivity index (χ1n) is 9.35. The topological polar surface area (TPSA) is 61.4 Å². The maximum atomic E-state index is 5.80. The summed E-state index contributed by atoms with van der Waals surface area (Å²) in [6, 6.07) is 8.55. The molecule has 1 aromatic carbocycles. The smallest absolute Gasteiger partial charge is 0.191 e. The number of ether oxygens (including phenoxy) is 2. The van der Waals surface area contributed by atoms with Gasteiger partial charge in [0, 0.05) is 45.8 Å². The average molecular weight is 361 g/mol. The minimum absolute atomic E-state index is 0.209. The van der Waals surface area contributed by atoms with Crippen LogP contribution >= 0.6 is 0 Å². The number of morpholine rings is 1. The SMILES string of the molecule is CN=C(NCC1CN(C)CCO1)NC1CCN(c2ccccc2OC)C1. The summed E-state index contributed by atoms with van der Waals surface area (Å²) < 4.78 is 11.3. The van der Waals surface area contributed by atoms with Crippen LogP contribution in [-0.2, 0) is 4.74 Å². The van der Waals surface area contributed by atoms with E-state index in [9.17, 15) is 0 Å². The summed E-state index contributed by atoms with van der Waals surface area (Å²) in [7, 11) is 5.67. The van der Waals surface area contributed by atoms with Crippen LogP contribution in [0.15, 0.2) is 29.3 Å². The standard InChI is InChI=1S/C19H31N5O2/c1-20-19(21-12-16-14-23(2)10-11-26-16)22-15-8-9-24(13-15)17-6-4-5-7-18(17)25-3/h4-7,15-16H,8-14H2,1-3H3,(H2,20,21,22). The van der Waals surface area contributed by atoms with E-state index in [4.69, 9.17) is 9.47 Å². The maximum Gasteiger partial charge on any atom is 0.191 e. The Bertz CT molecular complexity index is 609. The van der Waals surface area contributed by atoms with Crippen molar-refractivity contribution in [1.82, 2.24) is 15.5 Å². The molecule has 26 heavy (non-hydrogen) atoms. The van der Waals surface area contributed by atoms with E-state index < -0.39 is 0 Å². The lowest BCUT2D eigenvalue weighted by Gasteiger charge is -2.30. The number of guanidine groups is 1. The lowest BCUT2D eigenvalue weighted by atomic mass is 10.2. The summed E-state index contributed by atoms with van der Waals surface area (Å²) >= 11 is 0. The summed E-state index contributed by atoms with van der Waals surface area (Å²) in [4.78, 5) is 9.03. The minimum atomic E-state index is 0.209. The largest absolute Gasteiger partial charge is 0.495 e. The number of anilines is 1. The van der Waals surface area contributed by atoms with Gasteiger partial charge in [0.25, 0.3) is 0 Å². The molecule has 0 radical (unpaired) electrons. The van der Waals surface area contributed by atoms with E-state index in [1.54, 1.807) is 7.11 Å². The summed E-state index contributed by atoms with van der Waals surface area (Å²) in [5.74, 6) is 1.77. The summed E-state index contributed by atoms with van der Waals surface area (Å²) in [6.45, 7) is 5.47. The van der Waals surface area contributed by atoms with Crippen LogP contribution in [0, 0.1) is 0 Å². The zero-order valence-electron chi connectivity index (χ0n) is 16.1. The van der Waals surface area contributed by atoms with Crippen molar-refractivity contribution in [2.24, 2.45) is 4.99 Å². The molecular formula is C19H31N5O2. The van der Waals surface area contributed by atoms with Gasteiger partial charge in [0.15, 0.2) is 5.96 Å². The van der Waals surface area contributed by atoms with Crippen molar-refractivity contribution in [2.45, 2.75) is 18.6 Å². The van der Waals surface area contributed by atoms with E-state index in [0.29, 0.717) is 6.04 Å². The van der Waals surface area contributed by atoms with E-state index in [1.807, 2.05) is 19.2 Å². The van der Waals surface area contributed by atoms with Gasteiger partial charge in [-0.25, -0.2) is 0 Å². The van der Waals surface area contributed by atoms with Crippen LogP contribution in [0.1, 0.15) is 6.42 Å². The first kappa shape index (κ1) is 18.8. The summed E-state index contributed by atoms with van der Waals surface area (Å²) in [5, 5.41) is 6.95. The molecule has 0 saturated carbocycles. The fourth-order valence-corrected chi connectivity index (χ4v) is 3.58. The van der Waals surface area contributed by atoms with Gasteiger partial charge >= 0.3 is 0 Å². The van der Waals surface area contributed by atoms with Gasteiger partial charge < -0.3 is 29.9 Å². The van der Waals surface area contributed by atoms with E-state index in [-0.39, 0.29) is 6.10 Å². The van der Waals surface area contributed by atoms with Gasteiger partial charge in [-0.2, -0.15) is 0 Å². The maximum absolute atomic E-state index is 5.80. The number of para-hydroxylation sites is 2. The van der Waals surface area contributed by atoms with Crippen LogP contribution in [0.4, 0.5) is 5.69 Å². The number of rotatable bonds is 5. The van der Waals surface area contributed by atoms with Gasteiger partial charge in [-0.3, -0.25) is 4.99 Å². The first-order chi connectivity index (χ1) is 12.7. The molecule has 144 valence electrons. The molecule has 7 heteroatoms. The quantitative estimate of drug-likeness (QED) is 0.597. The Hall–Kier alpha value is -1.99. The molecular weight excluding hydrogens is 330 g/mol. The second kappa shape index (κ2) is 9.09. The third-order valence-corrected chi connectivity index (χ3v) is 5.02.